The monoisotopic (exact) mass is 436 g/mol. The van der Waals surface area contributed by atoms with Gasteiger partial charge >= 0.3 is 0 Å². The van der Waals surface area contributed by atoms with Crippen molar-refractivity contribution in [2.45, 2.75) is 151 Å². The first-order valence-corrected chi connectivity index (χ1v) is 16.1. The number of hydrogen-bond donors (Lipinski definition) is 0. The minimum Gasteiger partial charge on any atom is -0.131 e. The third-order valence-corrected chi connectivity index (χ3v) is 14.5. The van der Waals surface area contributed by atoms with Gasteiger partial charge in [0.1, 0.15) is 0 Å². The first-order chi connectivity index (χ1) is 14.3. The Morgan fingerprint density at radius 1 is 0.517 bits per heavy atom. The molecular formula is C27H50P2. The molecule has 4 fully saturated rings. The lowest BCUT2D eigenvalue weighted by Gasteiger charge is -2.49. The van der Waals surface area contributed by atoms with Gasteiger partial charge in [-0.3, -0.25) is 0 Å². The van der Waals surface area contributed by atoms with Crippen LogP contribution < -0.4 is 0 Å². The highest BCUT2D eigenvalue weighted by molar-refractivity contribution is 7.59. The lowest BCUT2D eigenvalue weighted by atomic mass is 9.68. The van der Waals surface area contributed by atoms with Crippen molar-refractivity contribution in [2.75, 3.05) is 6.16 Å². The standard InChI is InChI=1S/C27H50P2/c28-27(23-13-5-1-6-14-23,24-15-7-2-8-16-24)21-22-29(25-17-9-3-10-18-25)26-19-11-4-12-20-26/h23-26H,1-22,28H2. The lowest BCUT2D eigenvalue weighted by molar-refractivity contribution is 0.170. The Bertz CT molecular complexity index is 415. The van der Waals surface area contributed by atoms with Crippen LogP contribution in [-0.4, -0.2) is 22.6 Å². The van der Waals surface area contributed by atoms with Crippen molar-refractivity contribution in [3.8, 4) is 0 Å². The first kappa shape index (κ1) is 23.0. The molecule has 0 aliphatic heterocycles. The highest BCUT2D eigenvalue weighted by Gasteiger charge is 2.43. The maximum Gasteiger partial charge on any atom is -0.00905 e. The molecule has 1 atom stereocenters. The topological polar surface area (TPSA) is 0 Å². The van der Waals surface area contributed by atoms with Gasteiger partial charge in [-0.25, -0.2) is 0 Å². The molecule has 29 heavy (non-hydrogen) atoms. The molecule has 0 bridgehead atoms. The average molecular weight is 437 g/mol. The van der Waals surface area contributed by atoms with Crippen LogP contribution in [0.15, 0.2) is 0 Å². The smallest absolute Gasteiger partial charge is 0.00905 e. The zero-order valence-corrected chi connectivity index (χ0v) is 21.4. The van der Waals surface area contributed by atoms with E-state index in [4.69, 9.17) is 0 Å². The zero-order chi connectivity index (χ0) is 19.9. The van der Waals surface area contributed by atoms with Gasteiger partial charge in [0.2, 0.25) is 0 Å². The number of hydrogen-bond acceptors (Lipinski definition) is 0. The highest BCUT2D eigenvalue weighted by Crippen LogP contribution is 2.59. The summed E-state index contributed by atoms with van der Waals surface area (Å²) in [6.45, 7) is 0. The van der Waals surface area contributed by atoms with Crippen molar-refractivity contribution in [3.63, 3.8) is 0 Å². The van der Waals surface area contributed by atoms with Crippen molar-refractivity contribution in [1.82, 2.24) is 0 Å². The van der Waals surface area contributed by atoms with Crippen molar-refractivity contribution in [2.24, 2.45) is 11.8 Å². The third kappa shape index (κ3) is 6.01. The summed E-state index contributed by atoms with van der Waals surface area (Å²) in [5.74, 6) is 2.05. The molecule has 0 aromatic rings. The summed E-state index contributed by atoms with van der Waals surface area (Å²) < 4.78 is 0. The maximum atomic E-state index is 3.61. The zero-order valence-electron chi connectivity index (χ0n) is 19.4. The molecule has 2 heteroatoms. The Balaban J connectivity index is 1.47. The van der Waals surface area contributed by atoms with Crippen LogP contribution in [0.25, 0.3) is 0 Å². The van der Waals surface area contributed by atoms with E-state index < -0.39 is 0 Å². The van der Waals surface area contributed by atoms with Crippen molar-refractivity contribution < 1.29 is 0 Å². The molecular weight excluding hydrogens is 386 g/mol. The highest BCUT2D eigenvalue weighted by atomic mass is 31.1. The normalized spacial score (nSPS) is 27.5. The summed E-state index contributed by atoms with van der Waals surface area (Å²) in [6, 6.07) is 0. The molecule has 0 heterocycles. The van der Waals surface area contributed by atoms with E-state index in [0.29, 0.717) is 5.16 Å². The molecule has 4 saturated carbocycles. The fraction of sp³-hybridized carbons (Fsp3) is 1.00. The predicted octanol–water partition coefficient (Wildman–Crippen LogP) is 9.30. The van der Waals surface area contributed by atoms with Gasteiger partial charge < -0.3 is 0 Å². The molecule has 0 nitrogen and oxygen atoms in total. The fourth-order valence-electron chi connectivity index (χ4n) is 7.83. The van der Waals surface area contributed by atoms with E-state index in [2.05, 4.69) is 9.24 Å². The molecule has 1 unspecified atom stereocenters. The van der Waals surface area contributed by atoms with Crippen LogP contribution in [0.2, 0.25) is 0 Å². The average Bonchev–Trinajstić information content (AvgIpc) is 2.81. The fourth-order valence-corrected chi connectivity index (χ4v) is 12.9. The molecule has 0 amide bonds. The molecule has 0 spiro atoms. The second kappa shape index (κ2) is 11.6. The summed E-state index contributed by atoms with van der Waals surface area (Å²) in [6.07, 6.45) is 34.2. The van der Waals surface area contributed by atoms with Crippen LogP contribution in [0.4, 0.5) is 0 Å². The van der Waals surface area contributed by atoms with Gasteiger partial charge in [0.15, 0.2) is 0 Å². The maximum absolute atomic E-state index is 3.61. The lowest BCUT2D eigenvalue weighted by Crippen LogP contribution is -2.42. The predicted molar refractivity (Wildman–Crippen MR) is 136 cm³/mol. The minimum atomic E-state index is 0.283. The Labute approximate surface area is 186 Å². The summed E-state index contributed by atoms with van der Waals surface area (Å²) in [5.41, 5.74) is 2.29. The molecule has 0 aromatic heterocycles. The summed E-state index contributed by atoms with van der Waals surface area (Å²) >= 11 is 0. The van der Waals surface area contributed by atoms with E-state index >= 15 is 0 Å². The van der Waals surface area contributed by atoms with E-state index in [1.165, 1.54) is 51.4 Å². The van der Waals surface area contributed by atoms with Gasteiger partial charge in [0.25, 0.3) is 0 Å². The molecule has 0 N–H and O–H groups in total. The van der Waals surface area contributed by atoms with E-state index in [-0.39, 0.29) is 7.92 Å². The molecule has 4 aliphatic rings. The van der Waals surface area contributed by atoms with Gasteiger partial charge in [-0.1, -0.05) is 77.0 Å². The van der Waals surface area contributed by atoms with Crippen LogP contribution in [0.3, 0.4) is 0 Å². The third-order valence-electron chi connectivity index (χ3n) is 9.62. The van der Waals surface area contributed by atoms with Crippen LogP contribution in [-0.2, 0) is 0 Å². The van der Waals surface area contributed by atoms with E-state index in [9.17, 15) is 0 Å². The van der Waals surface area contributed by atoms with E-state index in [1.54, 1.807) is 89.6 Å². The molecule has 4 rings (SSSR count). The van der Waals surface area contributed by atoms with Crippen molar-refractivity contribution in [1.29, 1.82) is 0 Å². The quantitative estimate of drug-likeness (QED) is 0.349. The second-order valence-electron chi connectivity index (χ2n) is 11.4. The Hall–Kier alpha value is 0.860. The van der Waals surface area contributed by atoms with Crippen molar-refractivity contribution in [3.05, 3.63) is 0 Å². The van der Waals surface area contributed by atoms with Gasteiger partial charge in [0, 0.05) is 0 Å². The summed E-state index contributed by atoms with van der Waals surface area (Å²) in [7, 11) is 3.89. The van der Waals surface area contributed by atoms with Gasteiger partial charge in [-0.15, -0.1) is 17.2 Å². The van der Waals surface area contributed by atoms with Crippen LogP contribution in [0, 0.1) is 11.8 Å². The van der Waals surface area contributed by atoms with Crippen LogP contribution in [0.1, 0.15) is 135 Å². The Kier molecular flexibility index (Phi) is 9.25. The van der Waals surface area contributed by atoms with Gasteiger partial charge in [0.05, 0.1) is 0 Å². The molecule has 0 saturated heterocycles. The Morgan fingerprint density at radius 2 is 0.862 bits per heavy atom. The molecule has 168 valence electrons. The Morgan fingerprint density at radius 3 is 1.24 bits per heavy atom. The summed E-state index contributed by atoms with van der Waals surface area (Å²) in [5, 5.41) is 0.602. The van der Waals surface area contributed by atoms with Crippen LogP contribution >= 0.6 is 17.2 Å². The van der Waals surface area contributed by atoms with Gasteiger partial charge in [-0.05, 0) is 92.3 Å². The molecule has 4 aliphatic carbocycles. The second-order valence-corrected chi connectivity index (χ2v) is 15.4. The van der Waals surface area contributed by atoms with E-state index in [0.717, 1.165) is 23.2 Å². The van der Waals surface area contributed by atoms with Crippen molar-refractivity contribution >= 4 is 17.2 Å². The van der Waals surface area contributed by atoms with Gasteiger partial charge in [-0.2, -0.15) is 0 Å². The minimum absolute atomic E-state index is 0.283. The summed E-state index contributed by atoms with van der Waals surface area (Å²) in [4.78, 5) is 0. The first-order valence-electron chi connectivity index (χ1n) is 13.8. The largest absolute Gasteiger partial charge is 0.131 e. The van der Waals surface area contributed by atoms with Crippen LogP contribution in [0.5, 0.6) is 0 Å². The van der Waals surface area contributed by atoms with E-state index in [1.807, 2.05) is 0 Å². The SMILES string of the molecule is PC(CCP(C1CCCCC1)C1CCCCC1)(C1CCCCC1)C1CCCCC1. The number of rotatable bonds is 7. The molecule has 0 aromatic carbocycles. The molecule has 0 radical (unpaired) electrons.